The average Bonchev–Trinajstić information content (AvgIpc) is 3.43. The van der Waals surface area contributed by atoms with Crippen molar-refractivity contribution in [3.63, 3.8) is 0 Å². The number of methoxy groups -OCH3 is 4. The van der Waals surface area contributed by atoms with Crippen LogP contribution in [0.15, 0.2) is 72.6 Å². The van der Waals surface area contributed by atoms with Crippen LogP contribution in [0.5, 0.6) is 28.7 Å². The fraction of sp³-hybridized carbons (Fsp3) is 0.214. The van der Waals surface area contributed by atoms with Crippen LogP contribution in [0.3, 0.4) is 0 Å². The third kappa shape index (κ3) is 3.54. The largest absolute Gasteiger partial charge is 0.496 e. The Morgan fingerprint density at radius 3 is 2.27 bits per heavy atom. The molecule has 0 unspecified atom stereocenters. The maximum atomic E-state index is 6.70. The molecule has 0 bridgehead atoms. The second kappa shape index (κ2) is 9.09. The average molecular weight is 499 g/mol. The lowest BCUT2D eigenvalue weighted by Gasteiger charge is -2.39. The molecule has 0 fully saturated rings. The minimum atomic E-state index is -0.477. The van der Waals surface area contributed by atoms with Crippen molar-refractivity contribution in [2.45, 2.75) is 12.1 Å². The fourth-order valence-corrected chi connectivity index (χ4v) is 5.14. The van der Waals surface area contributed by atoms with Gasteiger partial charge in [-0.1, -0.05) is 30.3 Å². The molecular weight excluding hydrogens is 472 g/mol. The molecule has 3 heterocycles. The number of hydrogen-bond donors (Lipinski definition) is 1. The molecule has 3 aromatic carbocycles. The first-order valence-corrected chi connectivity index (χ1v) is 11.8. The summed E-state index contributed by atoms with van der Waals surface area (Å²) in [5.74, 6) is 3.72. The third-order valence-corrected chi connectivity index (χ3v) is 6.75. The van der Waals surface area contributed by atoms with E-state index in [4.69, 9.17) is 23.7 Å². The zero-order valence-electron chi connectivity index (χ0n) is 20.9. The van der Waals surface area contributed by atoms with Crippen molar-refractivity contribution < 1.29 is 23.7 Å². The van der Waals surface area contributed by atoms with Crippen molar-refractivity contribution in [1.82, 2.24) is 14.8 Å². The zero-order chi connectivity index (χ0) is 25.5. The molecule has 4 aromatic rings. The number of nitrogens with zero attached hydrogens (tertiary/aromatic N) is 3. The number of aromatic nitrogens is 3. The van der Waals surface area contributed by atoms with Crippen LogP contribution < -0.4 is 29.0 Å². The molecule has 9 nitrogen and oxygen atoms in total. The molecule has 0 amide bonds. The van der Waals surface area contributed by atoms with Crippen LogP contribution in [0.1, 0.15) is 28.8 Å². The normalized spacial score (nSPS) is 17.5. The highest BCUT2D eigenvalue weighted by Crippen LogP contribution is 2.53. The van der Waals surface area contributed by atoms with Gasteiger partial charge in [0, 0.05) is 16.7 Å². The minimum absolute atomic E-state index is 0.397. The molecule has 2 aliphatic heterocycles. The van der Waals surface area contributed by atoms with Gasteiger partial charge in [0.05, 0.1) is 34.1 Å². The summed E-state index contributed by atoms with van der Waals surface area (Å²) in [6.45, 7) is 0. The third-order valence-electron chi connectivity index (χ3n) is 6.75. The van der Waals surface area contributed by atoms with Gasteiger partial charge in [-0.05, 0) is 35.9 Å². The Kier molecular flexibility index (Phi) is 5.60. The Hall–Kier alpha value is -4.66. The van der Waals surface area contributed by atoms with Crippen molar-refractivity contribution in [1.29, 1.82) is 0 Å². The zero-order valence-corrected chi connectivity index (χ0v) is 20.9. The van der Waals surface area contributed by atoms with Gasteiger partial charge in [-0.25, -0.2) is 4.68 Å². The number of rotatable bonds is 6. The van der Waals surface area contributed by atoms with E-state index < -0.39 is 12.1 Å². The first-order valence-electron chi connectivity index (χ1n) is 11.8. The van der Waals surface area contributed by atoms with E-state index in [9.17, 15) is 0 Å². The van der Waals surface area contributed by atoms with Crippen LogP contribution in [0.2, 0.25) is 0 Å². The van der Waals surface area contributed by atoms with Gasteiger partial charge in [0.1, 0.15) is 23.9 Å². The summed E-state index contributed by atoms with van der Waals surface area (Å²) in [5, 5.41) is 8.11. The summed E-state index contributed by atoms with van der Waals surface area (Å²) in [6, 6.07) is 19.3. The maximum Gasteiger partial charge on any atom is 0.226 e. The number of para-hydroxylation sites is 2. The van der Waals surface area contributed by atoms with E-state index in [1.165, 1.54) is 6.33 Å². The van der Waals surface area contributed by atoms with Crippen molar-refractivity contribution >= 4 is 11.6 Å². The highest BCUT2D eigenvalue weighted by atomic mass is 16.5. The number of ether oxygens (including phenoxy) is 5. The predicted molar refractivity (Wildman–Crippen MR) is 138 cm³/mol. The van der Waals surface area contributed by atoms with Crippen LogP contribution in [0.4, 0.5) is 5.95 Å². The Balaban J connectivity index is 1.65. The van der Waals surface area contributed by atoms with E-state index in [-0.39, 0.29) is 0 Å². The topological polar surface area (TPSA) is 88.9 Å². The molecule has 0 aliphatic carbocycles. The lowest BCUT2D eigenvalue weighted by atomic mass is 9.84. The predicted octanol–water partition coefficient (Wildman–Crippen LogP) is 4.87. The van der Waals surface area contributed by atoms with E-state index in [2.05, 4.69) is 15.4 Å². The lowest BCUT2D eigenvalue weighted by molar-refractivity contribution is 0.217. The maximum absolute atomic E-state index is 6.70. The summed E-state index contributed by atoms with van der Waals surface area (Å²) < 4.78 is 31.3. The molecule has 0 saturated heterocycles. The molecule has 0 radical (unpaired) electrons. The SMILES string of the molecule is COc1ccccc1[C@@H]1Oc2ccccc2C2=C1[C@H](c1cc(OC)c(OC)c(OC)c1)n1ncnc1N2. The molecule has 1 aromatic heterocycles. The van der Waals surface area contributed by atoms with Gasteiger partial charge in [0.2, 0.25) is 11.7 Å². The summed E-state index contributed by atoms with van der Waals surface area (Å²) in [6.07, 6.45) is 1.06. The fourth-order valence-electron chi connectivity index (χ4n) is 5.14. The van der Waals surface area contributed by atoms with Crippen molar-refractivity contribution in [2.75, 3.05) is 33.8 Å². The summed E-state index contributed by atoms with van der Waals surface area (Å²) in [5.41, 5.74) is 4.58. The number of anilines is 1. The van der Waals surface area contributed by atoms with E-state index in [1.807, 2.05) is 65.3 Å². The van der Waals surface area contributed by atoms with Crippen LogP contribution in [0, 0.1) is 0 Å². The molecular formula is C28H26N4O5. The standard InChI is InChI=1S/C28H26N4O5/c1-33-19-11-7-6-10-18(19)26-23-24(17-9-5-8-12-20(17)37-26)31-28-29-15-30-32(28)25(23)16-13-21(34-2)27(36-4)22(14-16)35-3/h5-15,25-26H,1-4H3,(H,29,30,31)/t25-,26-/m0/s1. The smallest absolute Gasteiger partial charge is 0.226 e. The molecule has 2 aliphatic rings. The van der Waals surface area contributed by atoms with Crippen LogP contribution >= 0.6 is 0 Å². The molecule has 37 heavy (non-hydrogen) atoms. The van der Waals surface area contributed by atoms with Gasteiger partial charge in [0.25, 0.3) is 0 Å². The Labute approximate surface area is 214 Å². The first-order chi connectivity index (χ1) is 18.2. The second-order valence-electron chi connectivity index (χ2n) is 8.58. The van der Waals surface area contributed by atoms with Crippen molar-refractivity contribution in [3.8, 4) is 28.7 Å². The highest BCUT2D eigenvalue weighted by Gasteiger charge is 2.42. The van der Waals surface area contributed by atoms with Gasteiger partial charge in [-0.15, -0.1) is 0 Å². The van der Waals surface area contributed by atoms with Gasteiger partial charge < -0.3 is 29.0 Å². The second-order valence-corrected chi connectivity index (χ2v) is 8.58. The minimum Gasteiger partial charge on any atom is -0.496 e. The highest BCUT2D eigenvalue weighted by molar-refractivity contribution is 5.85. The molecule has 9 heteroatoms. The molecule has 2 atom stereocenters. The molecule has 1 N–H and O–H groups in total. The lowest BCUT2D eigenvalue weighted by Crippen LogP contribution is -2.32. The van der Waals surface area contributed by atoms with Crippen molar-refractivity contribution in [2.24, 2.45) is 0 Å². The van der Waals surface area contributed by atoms with Crippen molar-refractivity contribution in [3.05, 3.63) is 89.3 Å². The van der Waals surface area contributed by atoms with Crippen LogP contribution in [-0.2, 0) is 0 Å². The van der Waals surface area contributed by atoms with Gasteiger partial charge in [-0.2, -0.15) is 10.1 Å². The summed E-state index contributed by atoms with van der Waals surface area (Å²) in [4.78, 5) is 4.50. The van der Waals surface area contributed by atoms with E-state index >= 15 is 0 Å². The van der Waals surface area contributed by atoms with Gasteiger partial charge >= 0.3 is 0 Å². The first kappa shape index (κ1) is 22.8. The summed E-state index contributed by atoms with van der Waals surface area (Å²) in [7, 11) is 6.46. The van der Waals surface area contributed by atoms with E-state index in [1.54, 1.807) is 28.4 Å². The molecule has 0 saturated carbocycles. The van der Waals surface area contributed by atoms with E-state index in [0.717, 1.165) is 39.5 Å². The monoisotopic (exact) mass is 498 g/mol. The van der Waals surface area contributed by atoms with Crippen LogP contribution in [0.25, 0.3) is 5.70 Å². The Bertz CT molecular complexity index is 1490. The van der Waals surface area contributed by atoms with E-state index in [0.29, 0.717) is 23.2 Å². The van der Waals surface area contributed by atoms with Crippen LogP contribution in [-0.4, -0.2) is 43.2 Å². The number of nitrogens with one attached hydrogen (secondary N) is 1. The quantitative estimate of drug-likeness (QED) is 0.403. The number of hydrogen-bond acceptors (Lipinski definition) is 8. The Morgan fingerprint density at radius 1 is 0.838 bits per heavy atom. The molecule has 188 valence electrons. The van der Waals surface area contributed by atoms with Gasteiger partial charge in [0.15, 0.2) is 17.6 Å². The Morgan fingerprint density at radius 2 is 1.54 bits per heavy atom. The molecule has 6 rings (SSSR count). The molecule has 0 spiro atoms. The summed E-state index contributed by atoms with van der Waals surface area (Å²) >= 11 is 0. The van der Waals surface area contributed by atoms with Gasteiger partial charge in [-0.3, -0.25) is 0 Å². The number of benzene rings is 3. The number of fused-ring (bicyclic) bond motifs is 3.